The lowest BCUT2D eigenvalue weighted by Gasteiger charge is -2.17. The first-order valence-electron chi connectivity index (χ1n) is 10.7. The van der Waals surface area contributed by atoms with E-state index in [-0.39, 0.29) is 29.7 Å². The first-order valence-corrected chi connectivity index (χ1v) is 10.7. The number of nitrogen functional groups attached to an aromatic ring is 1. The summed E-state index contributed by atoms with van der Waals surface area (Å²) in [7, 11) is 0. The fraction of sp³-hybridized carbons (Fsp3) is 0.391. The molecular weight excluding hydrogens is 437 g/mol. The molecule has 33 heavy (non-hydrogen) atoms. The Morgan fingerprint density at radius 2 is 1.85 bits per heavy atom. The standard InChI is InChI=1S/C23H27F3N4O3/c1-2-15-3-5-16(6-4-15)13-30-10-9-17(14-30)29-21(31)12-28-22(32)19-11-18(7-8-20(19)27)33-23(24,25)26/h3-8,11,17H,2,9-10,12-14,27H2,1H3,(H,28,32)(H,29,31). The Morgan fingerprint density at radius 1 is 1.15 bits per heavy atom. The third-order valence-corrected chi connectivity index (χ3v) is 5.39. The van der Waals surface area contributed by atoms with Crippen molar-refractivity contribution in [3.8, 4) is 5.75 Å². The molecule has 2 aromatic carbocycles. The van der Waals surface area contributed by atoms with Gasteiger partial charge in [0.15, 0.2) is 0 Å². The number of hydrogen-bond donors (Lipinski definition) is 3. The van der Waals surface area contributed by atoms with Crippen molar-refractivity contribution in [2.75, 3.05) is 25.4 Å². The fourth-order valence-electron chi connectivity index (χ4n) is 3.70. The highest BCUT2D eigenvalue weighted by atomic mass is 19.4. The second kappa shape index (κ2) is 10.6. The first kappa shape index (κ1) is 24.4. The molecule has 0 bridgehead atoms. The van der Waals surface area contributed by atoms with Crippen LogP contribution in [0.4, 0.5) is 18.9 Å². The highest BCUT2D eigenvalue weighted by molar-refractivity contribution is 6.01. The summed E-state index contributed by atoms with van der Waals surface area (Å²) < 4.78 is 41.0. The Kier molecular flexibility index (Phi) is 7.80. The van der Waals surface area contributed by atoms with Gasteiger partial charge in [-0.1, -0.05) is 31.2 Å². The molecule has 3 rings (SSSR count). The van der Waals surface area contributed by atoms with Gasteiger partial charge in [-0.15, -0.1) is 13.2 Å². The molecule has 7 nitrogen and oxygen atoms in total. The summed E-state index contributed by atoms with van der Waals surface area (Å²) in [5.74, 6) is -1.72. The molecule has 2 amide bonds. The molecule has 10 heteroatoms. The SMILES string of the molecule is CCc1ccc(CN2CCC(NC(=O)CNC(=O)c3cc(OC(F)(F)F)ccc3N)C2)cc1. The van der Waals surface area contributed by atoms with Crippen LogP contribution in [-0.2, 0) is 17.8 Å². The average Bonchev–Trinajstić information content (AvgIpc) is 3.19. The number of nitrogens with two attached hydrogens (primary N) is 1. The van der Waals surface area contributed by atoms with Gasteiger partial charge in [-0.25, -0.2) is 0 Å². The van der Waals surface area contributed by atoms with Gasteiger partial charge in [-0.2, -0.15) is 0 Å². The minimum atomic E-state index is -4.89. The van der Waals surface area contributed by atoms with E-state index in [1.807, 2.05) is 0 Å². The number of aryl methyl sites for hydroxylation is 1. The van der Waals surface area contributed by atoms with Crippen LogP contribution in [-0.4, -0.2) is 48.8 Å². The highest BCUT2D eigenvalue weighted by Crippen LogP contribution is 2.26. The molecule has 1 fully saturated rings. The van der Waals surface area contributed by atoms with E-state index in [0.717, 1.165) is 44.1 Å². The number of carbonyl (C=O) groups excluding carboxylic acids is 2. The number of likely N-dealkylation sites (tertiary alicyclic amines) is 1. The second-order valence-electron chi connectivity index (χ2n) is 7.94. The van der Waals surface area contributed by atoms with Crippen molar-refractivity contribution < 1.29 is 27.5 Å². The van der Waals surface area contributed by atoms with E-state index in [1.165, 1.54) is 11.1 Å². The van der Waals surface area contributed by atoms with E-state index < -0.39 is 18.0 Å². The molecule has 2 aromatic rings. The molecule has 0 radical (unpaired) electrons. The van der Waals surface area contributed by atoms with Crippen LogP contribution in [0.3, 0.4) is 0 Å². The van der Waals surface area contributed by atoms with Crippen LogP contribution in [0, 0.1) is 0 Å². The van der Waals surface area contributed by atoms with Crippen LogP contribution in [0.15, 0.2) is 42.5 Å². The van der Waals surface area contributed by atoms with Crippen LogP contribution < -0.4 is 21.1 Å². The molecule has 4 N–H and O–H groups in total. The number of ether oxygens (including phenoxy) is 1. The quantitative estimate of drug-likeness (QED) is 0.522. The average molecular weight is 464 g/mol. The number of alkyl halides is 3. The van der Waals surface area contributed by atoms with Gasteiger partial charge in [-0.3, -0.25) is 14.5 Å². The van der Waals surface area contributed by atoms with Crippen LogP contribution in [0.2, 0.25) is 0 Å². The number of halogens is 3. The van der Waals surface area contributed by atoms with Gasteiger partial charge in [0.1, 0.15) is 5.75 Å². The zero-order valence-electron chi connectivity index (χ0n) is 18.2. The minimum absolute atomic E-state index is 0.0270. The molecule has 0 spiro atoms. The predicted molar refractivity (Wildman–Crippen MR) is 118 cm³/mol. The summed E-state index contributed by atoms with van der Waals surface area (Å²) in [6.45, 7) is 4.12. The lowest BCUT2D eigenvalue weighted by atomic mass is 10.1. The summed E-state index contributed by atoms with van der Waals surface area (Å²) >= 11 is 0. The van der Waals surface area contributed by atoms with E-state index in [2.05, 4.69) is 51.5 Å². The predicted octanol–water partition coefficient (Wildman–Crippen LogP) is 2.85. The molecule has 1 aliphatic heterocycles. The zero-order chi connectivity index (χ0) is 24.0. The Morgan fingerprint density at radius 3 is 2.52 bits per heavy atom. The molecule has 0 aromatic heterocycles. The van der Waals surface area contributed by atoms with E-state index in [0.29, 0.717) is 6.54 Å². The Hall–Kier alpha value is -3.27. The molecule has 0 saturated carbocycles. The first-order chi connectivity index (χ1) is 15.6. The van der Waals surface area contributed by atoms with Crippen molar-refractivity contribution in [2.45, 2.75) is 38.7 Å². The number of benzene rings is 2. The van der Waals surface area contributed by atoms with Crippen molar-refractivity contribution in [3.63, 3.8) is 0 Å². The summed E-state index contributed by atoms with van der Waals surface area (Å²) in [5.41, 5.74) is 7.95. The van der Waals surface area contributed by atoms with Crippen molar-refractivity contribution in [3.05, 3.63) is 59.2 Å². The van der Waals surface area contributed by atoms with Crippen LogP contribution in [0.25, 0.3) is 0 Å². The summed E-state index contributed by atoms with van der Waals surface area (Å²) in [4.78, 5) is 26.8. The number of nitrogens with one attached hydrogen (secondary N) is 2. The molecule has 1 unspecified atom stereocenters. The highest BCUT2D eigenvalue weighted by Gasteiger charge is 2.31. The topological polar surface area (TPSA) is 96.7 Å². The molecule has 1 aliphatic rings. The van der Waals surface area contributed by atoms with Crippen molar-refractivity contribution >= 4 is 17.5 Å². The van der Waals surface area contributed by atoms with Gasteiger partial charge in [0.2, 0.25) is 5.91 Å². The third-order valence-electron chi connectivity index (χ3n) is 5.39. The minimum Gasteiger partial charge on any atom is -0.406 e. The van der Waals surface area contributed by atoms with Crippen LogP contribution >= 0.6 is 0 Å². The largest absolute Gasteiger partial charge is 0.573 e. The lowest BCUT2D eigenvalue weighted by molar-refractivity contribution is -0.274. The van der Waals surface area contributed by atoms with Gasteiger partial charge in [-0.05, 0) is 42.2 Å². The summed E-state index contributed by atoms with van der Waals surface area (Å²) in [6, 6.07) is 11.4. The van der Waals surface area contributed by atoms with Crippen LogP contribution in [0.1, 0.15) is 34.8 Å². The van der Waals surface area contributed by atoms with Gasteiger partial charge in [0.25, 0.3) is 5.91 Å². The molecule has 1 heterocycles. The maximum absolute atomic E-state index is 12.4. The fourth-order valence-corrected chi connectivity index (χ4v) is 3.70. The number of rotatable bonds is 8. The van der Waals surface area contributed by atoms with Gasteiger partial charge in [0.05, 0.1) is 12.1 Å². The number of nitrogens with zero attached hydrogens (tertiary/aromatic N) is 1. The summed E-state index contributed by atoms with van der Waals surface area (Å²) in [6.07, 6.45) is -3.11. The number of hydrogen-bond acceptors (Lipinski definition) is 5. The molecule has 1 saturated heterocycles. The van der Waals surface area contributed by atoms with E-state index in [4.69, 9.17) is 5.73 Å². The Bertz CT molecular complexity index is 980. The molecule has 178 valence electrons. The van der Waals surface area contributed by atoms with Crippen molar-refractivity contribution in [2.24, 2.45) is 0 Å². The van der Waals surface area contributed by atoms with Gasteiger partial charge < -0.3 is 21.1 Å². The third kappa shape index (κ3) is 7.38. The normalized spacial score (nSPS) is 16.4. The maximum atomic E-state index is 12.4. The molecule has 0 aliphatic carbocycles. The monoisotopic (exact) mass is 464 g/mol. The second-order valence-corrected chi connectivity index (χ2v) is 7.94. The molecule has 1 atom stereocenters. The van der Waals surface area contributed by atoms with E-state index >= 15 is 0 Å². The van der Waals surface area contributed by atoms with Gasteiger partial charge in [0, 0.05) is 31.4 Å². The van der Waals surface area contributed by atoms with E-state index in [9.17, 15) is 22.8 Å². The summed E-state index contributed by atoms with van der Waals surface area (Å²) in [5, 5.41) is 5.26. The zero-order valence-corrected chi connectivity index (χ0v) is 18.2. The van der Waals surface area contributed by atoms with Crippen molar-refractivity contribution in [1.29, 1.82) is 0 Å². The molecular formula is C23H27F3N4O3. The smallest absolute Gasteiger partial charge is 0.406 e. The Balaban J connectivity index is 1.45. The number of carbonyl (C=O) groups is 2. The lowest BCUT2D eigenvalue weighted by Crippen LogP contribution is -2.43. The van der Waals surface area contributed by atoms with E-state index in [1.54, 1.807) is 0 Å². The number of anilines is 1. The maximum Gasteiger partial charge on any atom is 0.573 e. The van der Waals surface area contributed by atoms with Crippen LogP contribution in [0.5, 0.6) is 5.75 Å². The number of amides is 2. The van der Waals surface area contributed by atoms with Crippen molar-refractivity contribution in [1.82, 2.24) is 15.5 Å². The Labute approximate surface area is 190 Å². The van der Waals surface area contributed by atoms with Gasteiger partial charge >= 0.3 is 6.36 Å².